The van der Waals surface area contributed by atoms with Crippen molar-refractivity contribution in [2.75, 3.05) is 49.6 Å². The van der Waals surface area contributed by atoms with Crippen LogP contribution in [-0.4, -0.2) is 48.1 Å². The molecule has 0 atom stereocenters. The lowest BCUT2D eigenvalue weighted by Gasteiger charge is -2.25. The summed E-state index contributed by atoms with van der Waals surface area (Å²) >= 11 is 0. The Balaban J connectivity index is 2.27. The Morgan fingerprint density at radius 2 is 1.90 bits per heavy atom. The van der Waals surface area contributed by atoms with Crippen LogP contribution in [0.5, 0.6) is 0 Å². The third-order valence-electron chi connectivity index (χ3n) is 3.83. The first-order chi connectivity index (χ1) is 9.61. The minimum absolute atomic E-state index is 0.273. The van der Waals surface area contributed by atoms with Gasteiger partial charge in [-0.1, -0.05) is 13.3 Å². The van der Waals surface area contributed by atoms with Crippen LogP contribution in [0.25, 0.3) is 0 Å². The monoisotopic (exact) mass is 278 g/mol. The number of likely N-dealkylation sites (N-methyl/N-ethyl adjacent to an activating group) is 1. The average molecular weight is 278 g/mol. The Kier molecular flexibility index (Phi) is 5.00. The minimum atomic E-state index is 0.273. The van der Waals surface area contributed by atoms with Gasteiger partial charge in [0.2, 0.25) is 5.95 Å². The van der Waals surface area contributed by atoms with E-state index in [1.807, 2.05) is 0 Å². The van der Waals surface area contributed by atoms with Crippen molar-refractivity contribution in [1.82, 2.24) is 14.9 Å². The van der Waals surface area contributed by atoms with Crippen LogP contribution >= 0.6 is 0 Å². The molecule has 1 aliphatic heterocycles. The number of aromatic nitrogens is 2. The second-order valence-corrected chi connectivity index (χ2v) is 5.52. The van der Waals surface area contributed by atoms with E-state index in [1.54, 1.807) is 0 Å². The lowest BCUT2D eigenvalue weighted by atomic mass is 10.1. The van der Waals surface area contributed by atoms with E-state index >= 15 is 0 Å². The standard InChI is InChI=1S/C14H26N6/c1-3-4-6-11-12(15)17-14(16)18-13(11)20-8-5-7-19(2)9-10-20/h3-10H2,1-2H3,(H4,15,16,17,18). The SMILES string of the molecule is CCCCc1c(N)nc(N)nc1N1CCCN(C)CC1. The molecule has 1 aromatic rings. The third kappa shape index (κ3) is 3.50. The quantitative estimate of drug-likeness (QED) is 0.859. The van der Waals surface area contributed by atoms with Crippen molar-refractivity contribution in [1.29, 1.82) is 0 Å². The van der Waals surface area contributed by atoms with Gasteiger partial charge in [-0.3, -0.25) is 0 Å². The number of nitrogens with two attached hydrogens (primary N) is 2. The molecule has 2 heterocycles. The number of hydrogen-bond donors (Lipinski definition) is 2. The number of hydrogen-bond acceptors (Lipinski definition) is 6. The fraction of sp³-hybridized carbons (Fsp3) is 0.714. The number of anilines is 3. The van der Waals surface area contributed by atoms with Gasteiger partial charge < -0.3 is 21.3 Å². The van der Waals surface area contributed by atoms with Gasteiger partial charge in [0.15, 0.2) is 0 Å². The van der Waals surface area contributed by atoms with E-state index in [1.165, 1.54) is 0 Å². The molecule has 0 aliphatic carbocycles. The highest BCUT2D eigenvalue weighted by atomic mass is 15.3. The maximum Gasteiger partial charge on any atom is 0.223 e. The maximum absolute atomic E-state index is 6.07. The highest BCUT2D eigenvalue weighted by Crippen LogP contribution is 2.26. The molecular weight excluding hydrogens is 252 g/mol. The second-order valence-electron chi connectivity index (χ2n) is 5.52. The lowest BCUT2D eigenvalue weighted by molar-refractivity contribution is 0.360. The molecule has 6 heteroatoms. The van der Waals surface area contributed by atoms with Crippen LogP contribution in [0.1, 0.15) is 31.7 Å². The number of rotatable bonds is 4. The van der Waals surface area contributed by atoms with Gasteiger partial charge in [-0.15, -0.1) is 0 Å². The van der Waals surface area contributed by atoms with Crippen LogP contribution in [0.4, 0.5) is 17.6 Å². The molecule has 0 radical (unpaired) electrons. The summed E-state index contributed by atoms with van der Waals surface area (Å²) in [6.45, 7) is 6.30. The van der Waals surface area contributed by atoms with E-state index in [2.05, 4.69) is 33.7 Å². The van der Waals surface area contributed by atoms with Crippen molar-refractivity contribution in [3.8, 4) is 0 Å². The van der Waals surface area contributed by atoms with Crippen LogP contribution in [0.2, 0.25) is 0 Å². The minimum Gasteiger partial charge on any atom is -0.383 e. The average Bonchev–Trinajstić information content (AvgIpc) is 2.62. The van der Waals surface area contributed by atoms with Crippen LogP contribution in [0.3, 0.4) is 0 Å². The molecular formula is C14H26N6. The lowest BCUT2D eigenvalue weighted by Crippen LogP contribution is -2.31. The molecule has 20 heavy (non-hydrogen) atoms. The molecule has 1 fully saturated rings. The summed E-state index contributed by atoms with van der Waals surface area (Å²) in [4.78, 5) is 13.3. The Bertz CT molecular complexity index is 448. The van der Waals surface area contributed by atoms with Crippen molar-refractivity contribution in [2.24, 2.45) is 0 Å². The van der Waals surface area contributed by atoms with E-state index in [0.717, 1.165) is 63.2 Å². The fourth-order valence-corrected chi connectivity index (χ4v) is 2.62. The summed E-state index contributed by atoms with van der Waals surface area (Å²) in [5.41, 5.74) is 12.9. The highest BCUT2D eigenvalue weighted by molar-refractivity contribution is 5.60. The number of unbranched alkanes of at least 4 members (excludes halogenated alkanes) is 1. The van der Waals surface area contributed by atoms with Gasteiger partial charge in [-0.25, -0.2) is 0 Å². The van der Waals surface area contributed by atoms with Crippen molar-refractivity contribution < 1.29 is 0 Å². The van der Waals surface area contributed by atoms with Crippen LogP contribution in [0.15, 0.2) is 0 Å². The predicted octanol–water partition coefficient (Wildman–Crippen LogP) is 1.13. The molecule has 1 aromatic heterocycles. The van der Waals surface area contributed by atoms with E-state index in [9.17, 15) is 0 Å². The normalized spacial score (nSPS) is 17.2. The summed E-state index contributed by atoms with van der Waals surface area (Å²) < 4.78 is 0. The molecule has 0 saturated carbocycles. The van der Waals surface area contributed by atoms with Crippen LogP contribution in [-0.2, 0) is 6.42 Å². The topological polar surface area (TPSA) is 84.3 Å². The first-order valence-electron chi connectivity index (χ1n) is 7.47. The first-order valence-corrected chi connectivity index (χ1v) is 7.47. The van der Waals surface area contributed by atoms with E-state index < -0.39 is 0 Å². The largest absolute Gasteiger partial charge is 0.383 e. The van der Waals surface area contributed by atoms with Crippen molar-refractivity contribution >= 4 is 17.6 Å². The zero-order chi connectivity index (χ0) is 14.5. The second kappa shape index (κ2) is 6.74. The number of nitrogens with zero attached hydrogens (tertiary/aromatic N) is 4. The smallest absolute Gasteiger partial charge is 0.223 e. The van der Waals surface area contributed by atoms with Crippen LogP contribution < -0.4 is 16.4 Å². The molecule has 4 N–H and O–H groups in total. The highest BCUT2D eigenvalue weighted by Gasteiger charge is 2.19. The molecule has 1 aliphatic rings. The van der Waals surface area contributed by atoms with Gasteiger partial charge in [0.25, 0.3) is 0 Å². The Labute approximate surface area is 121 Å². The van der Waals surface area contributed by atoms with Gasteiger partial charge in [-0.05, 0) is 32.9 Å². The molecule has 2 rings (SSSR count). The Hall–Kier alpha value is -1.56. The van der Waals surface area contributed by atoms with E-state index in [4.69, 9.17) is 11.5 Å². The Morgan fingerprint density at radius 3 is 2.65 bits per heavy atom. The fourth-order valence-electron chi connectivity index (χ4n) is 2.62. The summed E-state index contributed by atoms with van der Waals surface area (Å²) in [6, 6.07) is 0. The summed E-state index contributed by atoms with van der Waals surface area (Å²) in [6.07, 6.45) is 4.28. The molecule has 0 bridgehead atoms. The molecule has 0 amide bonds. The first kappa shape index (κ1) is 14.8. The predicted molar refractivity (Wildman–Crippen MR) is 83.8 cm³/mol. The Morgan fingerprint density at radius 1 is 1.10 bits per heavy atom. The molecule has 0 unspecified atom stereocenters. The number of nitrogen functional groups attached to an aromatic ring is 2. The maximum atomic E-state index is 6.07. The van der Waals surface area contributed by atoms with Gasteiger partial charge in [-0.2, -0.15) is 9.97 Å². The van der Waals surface area contributed by atoms with Crippen molar-refractivity contribution in [3.63, 3.8) is 0 Å². The van der Waals surface area contributed by atoms with Crippen molar-refractivity contribution in [2.45, 2.75) is 32.6 Å². The van der Waals surface area contributed by atoms with E-state index in [0.29, 0.717) is 5.82 Å². The summed E-state index contributed by atoms with van der Waals surface area (Å²) in [5.74, 6) is 1.76. The summed E-state index contributed by atoms with van der Waals surface area (Å²) in [7, 11) is 2.16. The van der Waals surface area contributed by atoms with E-state index in [-0.39, 0.29) is 5.95 Å². The van der Waals surface area contributed by atoms with Crippen LogP contribution in [0, 0.1) is 0 Å². The van der Waals surface area contributed by atoms with Gasteiger partial charge in [0, 0.05) is 25.2 Å². The third-order valence-corrected chi connectivity index (χ3v) is 3.83. The zero-order valence-corrected chi connectivity index (χ0v) is 12.6. The molecule has 0 aromatic carbocycles. The zero-order valence-electron chi connectivity index (χ0n) is 12.6. The van der Waals surface area contributed by atoms with Gasteiger partial charge >= 0.3 is 0 Å². The molecule has 1 saturated heterocycles. The molecule has 112 valence electrons. The molecule has 6 nitrogen and oxygen atoms in total. The van der Waals surface area contributed by atoms with Crippen molar-refractivity contribution in [3.05, 3.63) is 5.56 Å². The summed E-state index contributed by atoms with van der Waals surface area (Å²) in [5, 5.41) is 0. The molecule has 0 spiro atoms. The van der Waals surface area contributed by atoms with Gasteiger partial charge in [0.05, 0.1) is 0 Å². The van der Waals surface area contributed by atoms with Gasteiger partial charge in [0.1, 0.15) is 11.6 Å².